The highest BCUT2D eigenvalue weighted by molar-refractivity contribution is 6.08. The Balaban J connectivity index is 1.62. The molecule has 0 amide bonds. The molecule has 0 heterocycles. The molecule has 6 aromatic carbocycles. The van der Waals surface area contributed by atoms with Crippen molar-refractivity contribution in [3.63, 3.8) is 0 Å². The van der Waals surface area contributed by atoms with Gasteiger partial charge in [-0.1, -0.05) is 175 Å². The van der Waals surface area contributed by atoms with E-state index in [0.717, 1.165) is 0 Å². The first-order valence-electron chi connectivity index (χ1n) is 17.0. The molecule has 0 atom stereocenters. The van der Waals surface area contributed by atoms with E-state index in [1.807, 2.05) is 0 Å². The molecule has 6 aromatic rings. The van der Waals surface area contributed by atoms with Crippen LogP contribution in [-0.2, 0) is 16.2 Å². The fourth-order valence-electron chi connectivity index (χ4n) is 7.69. The molecule has 0 radical (unpaired) electrons. The summed E-state index contributed by atoms with van der Waals surface area (Å²) in [6.07, 6.45) is 2.39. The van der Waals surface area contributed by atoms with E-state index in [1.165, 1.54) is 77.5 Å². The lowest BCUT2D eigenvalue weighted by Crippen LogP contribution is -2.29. The van der Waals surface area contributed by atoms with Crippen LogP contribution in [0.3, 0.4) is 0 Å². The van der Waals surface area contributed by atoms with Crippen molar-refractivity contribution in [2.24, 2.45) is 0 Å². The zero-order chi connectivity index (χ0) is 33.1. The van der Waals surface area contributed by atoms with Gasteiger partial charge in [0, 0.05) is 0 Å². The standard InChI is InChI=1S/C47H46/c1-31-18-27-41-42(28-31)47(37-23-19-35(20-24-37)45(3,4)5,38-25-21-36(22-26-38)46(6,7)8)43-30-34(29-32(2)33-14-10-9-11-15-33)39-16-12-13-17-40(39)44(41)43/h9-30H,1-8H3. The van der Waals surface area contributed by atoms with Gasteiger partial charge in [0.15, 0.2) is 0 Å². The zero-order valence-corrected chi connectivity index (χ0v) is 29.2. The van der Waals surface area contributed by atoms with Crippen molar-refractivity contribution in [3.05, 3.63) is 177 Å². The third-order valence-corrected chi connectivity index (χ3v) is 10.3. The maximum Gasteiger partial charge on any atom is 0.0714 e. The van der Waals surface area contributed by atoms with Gasteiger partial charge in [-0.2, -0.15) is 0 Å². The third-order valence-electron chi connectivity index (χ3n) is 10.3. The molecule has 0 saturated heterocycles. The molecule has 1 aliphatic rings. The van der Waals surface area contributed by atoms with E-state index in [9.17, 15) is 0 Å². The normalized spacial score (nSPS) is 14.3. The Hall–Kier alpha value is -4.68. The molecule has 0 unspecified atom stereocenters. The lowest BCUT2D eigenvalue weighted by atomic mass is 9.66. The smallest absolute Gasteiger partial charge is 0.0622 e. The van der Waals surface area contributed by atoms with Crippen LogP contribution in [-0.4, -0.2) is 0 Å². The summed E-state index contributed by atoms with van der Waals surface area (Å²) in [5, 5.41) is 2.59. The first kappa shape index (κ1) is 30.9. The van der Waals surface area contributed by atoms with Crippen molar-refractivity contribution in [1.29, 1.82) is 0 Å². The van der Waals surface area contributed by atoms with Gasteiger partial charge in [0.05, 0.1) is 5.41 Å². The minimum absolute atomic E-state index is 0.0747. The van der Waals surface area contributed by atoms with Crippen LogP contribution in [0, 0.1) is 6.92 Å². The largest absolute Gasteiger partial charge is 0.0714 e. The SMILES string of the molecule is CC(=Cc1cc2c(c3ccccc13)-c1ccc(C)cc1C2(c1ccc(C(C)(C)C)cc1)c1ccc(C(C)(C)C)cc1)c1ccccc1. The molecule has 0 bridgehead atoms. The maximum absolute atomic E-state index is 2.51. The fourth-order valence-corrected chi connectivity index (χ4v) is 7.69. The number of rotatable bonds is 4. The Bertz CT molecular complexity index is 2070. The Labute approximate surface area is 281 Å². The van der Waals surface area contributed by atoms with E-state index in [1.54, 1.807) is 0 Å². The zero-order valence-electron chi connectivity index (χ0n) is 29.2. The van der Waals surface area contributed by atoms with Crippen molar-refractivity contribution in [2.75, 3.05) is 0 Å². The van der Waals surface area contributed by atoms with E-state index in [2.05, 4.69) is 189 Å². The van der Waals surface area contributed by atoms with Crippen LogP contribution in [0.5, 0.6) is 0 Å². The van der Waals surface area contributed by atoms with Gasteiger partial charge in [-0.25, -0.2) is 0 Å². The maximum atomic E-state index is 2.51. The summed E-state index contributed by atoms with van der Waals surface area (Å²) in [6.45, 7) is 18.3. The Morgan fingerprint density at radius 2 is 1.09 bits per heavy atom. The van der Waals surface area contributed by atoms with Gasteiger partial charge in [0.2, 0.25) is 0 Å². The van der Waals surface area contributed by atoms with Crippen LogP contribution in [0.25, 0.3) is 33.5 Å². The van der Waals surface area contributed by atoms with E-state index < -0.39 is 5.41 Å². The van der Waals surface area contributed by atoms with Gasteiger partial charge in [-0.3, -0.25) is 0 Å². The average molecular weight is 611 g/mol. The minimum Gasteiger partial charge on any atom is -0.0622 e. The Morgan fingerprint density at radius 1 is 0.553 bits per heavy atom. The summed E-state index contributed by atoms with van der Waals surface area (Å²) < 4.78 is 0. The molecule has 0 fully saturated rings. The average Bonchev–Trinajstić information content (AvgIpc) is 3.34. The number of hydrogen-bond acceptors (Lipinski definition) is 0. The Morgan fingerprint density at radius 3 is 1.64 bits per heavy atom. The van der Waals surface area contributed by atoms with E-state index in [-0.39, 0.29) is 10.8 Å². The summed E-state index contributed by atoms with van der Waals surface area (Å²) >= 11 is 0. The molecule has 47 heavy (non-hydrogen) atoms. The van der Waals surface area contributed by atoms with Crippen LogP contribution in [0.2, 0.25) is 0 Å². The van der Waals surface area contributed by atoms with Gasteiger partial charge >= 0.3 is 0 Å². The predicted octanol–water partition coefficient (Wildman–Crippen LogP) is 12.7. The minimum atomic E-state index is -0.475. The van der Waals surface area contributed by atoms with Crippen LogP contribution >= 0.6 is 0 Å². The summed E-state index contributed by atoms with van der Waals surface area (Å²) in [7, 11) is 0. The molecule has 0 spiro atoms. The molecule has 0 N–H and O–H groups in total. The molecule has 1 aliphatic carbocycles. The number of hydrogen-bond donors (Lipinski definition) is 0. The second-order valence-corrected chi connectivity index (χ2v) is 15.6. The van der Waals surface area contributed by atoms with Gasteiger partial charge in [-0.05, 0) is 103 Å². The van der Waals surface area contributed by atoms with Crippen molar-refractivity contribution in [2.45, 2.75) is 71.6 Å². The number of fused-ring (bicyclic) bond motifs is 5. The molecule has 0 saturated carbocycles. The third kappa shape index (κ3) is 5.16. The number of aryl methyl sites for hydroxylation is 1. The molecule has 0 heteroatoms. The van der Waals surface area contributed by atoms with Gasteiger partial charge < -0.3 is 0 Å². The molecule has 0 nitrogen and oxygen atoms in total. The molecule has 234 valence electrons. The highest BCUT2D eigenvalue weighted by atomic mass is 14.5. The second kappa shape index (κ2) is 11.2. The molecule has 7 rings (SSSR count). The number of benzene rings is 6. The monoisotopic (exact) mass is 610 g/mol. The van der Waals surface area contributed by atoms with Crippen molar-refractivity contribution >= 4 is 22.4 Å². The summed E-state index contributed by atoms with van der Waals surface area (Å²) in [5.74, 6) is 0. The first-order chi connectivity index (χ1) is 22.4. The highest BCUT2D eigenvalue weighted by Crippen LogP contribution is 2.59. The quantitative estimate of drug-likeness (QED) is 0.174. The molecular weight excluding hydrogens is 565 g/mol. The molecular formula is C47H46. The van der Waals surface area contributed by atoms with Crippen molar-refractivity contribution in [1.82, 2.24) is 0 Å². The van der Waals surface area contributed by atoms with Gasteiger partial charge in [-0.15, -0.1) is 0 Å². The highest BCUT2D eigenvalue weighted by Gasteiger charge is 2.47. The molecule has 0 aliphatic heterocycles. The van der Waals surface area contributed by atoms with Gasteiger partial charge in [0.25, 0.3) is 0 Å². The van der Waals surface area contributed by atoms with Crippen LogP contribution < -0.4 is 0 Å². The van der Waals surface area contributed by atoms with Crippen LogP contribution in [0.15, 0.2) is 127 Å². The fraction of sp³-hybridized carbons (Fsp3) is 0.234. The Kier molecular flexibility index (Phi) is 7.40. The van der Waals surface area contributed by atoms with Crippen molar-refractivity contribution in [3.8, 4) is 11.1 Å². The summed E-state index contributed by atoms with van der Waals surface area (Å²) in [4.78, 5) is 0. The predicted molar refractivity (Wildman–Crippen MR) is 203 cm³/mol. The molecule has 0 aromatic heterocycles. The lowest BCUT2D eigenvalue weighted by molar-refractivity contribution is 0.588. The van der Waals surface area contributed by atoms with E-state index in [0.29, 0.717) is 0 Å². The van der Waals surface area contributed by atoms with Crippen LogP contribution in [0.1, 0.15) is 98.5 Å². The number of allylic oxidation sites excluding steroid dienone is 1. The van der Waals surface area contributed by atoms with Gasteiger partial charge in [0.1, 0.15) is 0 Å². The van der Waals surface area contributed by atoms with Crippen LogP contribution in [0.4, 0.5) is 0 Å². The lowest BCUT2D eigenvalue weighted by Gasteiger charge is -2.35. The van der Waals surface area contributed by atoms with E-state index in [4.69, 9.17) is 0 Å². The summed E-state index contributed by atoms with van der Waals surface area (Å²) in [5.41, 5.74) is 15.4. The van der Waals surface area contributed by atoms with Crippen molar-refractivity contribution < 1.29 is 0 Å². The first-order valence-corrected chi connectivity index (χ1v) is 17.0. The topological polar surface area (TPSA) is 0 Å². The second-order valence-electron chi connectivity index (χ2n) is 15.6. The van der Waals surface area contributed by atoms with E-state index >= 15 is 0 Å². The summed E-state index contributed by atoms with van der Waals surface area (Å²) in [6, 6.07) is 48.4.